The molecule has 0 aliphatic heterocycles. The minimum absolute atomic E-state index is 0.00326. The first-order valence-corrected chi connectivity index (χ1v) is 5.95. The molecule has 0 spiro atoms. The van der Waals surface area contributed by atoms with Gasteiger partial charge in [-0.2, -0.15) is 0 Å². The highest BCUT2D eigenvalue weighted by Gasteiger charge is 2.20. The van der Waals surface area contributed by atoms with Gasteiger partial charge in [-0.3, -0.25) is 4.79 Å². The summed E-state index contributed by atoms with van der Waals surface area (Å²) in [7, 11) is 1.43. The number of halogens is 1. The van der Waals surface area contributed by atoms with Crippen molar-refractivity contribution >= 4 is 5.91 Å². The van der Waals surface area contributed by atoms with E-state index in [1.165, 1.54) is 13.2 Å². The molecule has 1 aromatic carbocycles. The fourth-order valence-corrected chi connectivity index (χ4v) is 1.45. The maximum atomic E-state index is 13.4. The zero-order valence-corrected chi connectivity index (χ0v) is 11.3. The van der Waals surface area contributed by atoms with Gasteiger partial charge < -0.3 is 10.1 Å². The molecular weight excluding hydrogens is 233 g/mol. The quantitative estimate of drug-likeness (QED) is 0.895. The average Bonchev–Trinajstić information content (AvgIpc) is 2.28. The Labute approximate surface area is 107 Å². The number of amides is 1. The Balaban J connectivity index is 2.50. The molecule has 0 aliphatic carbocycles. The third-order valence-corrected chi connectivity index (χ3v) is 2.60. The molecule has 18 heavy (non-hydrogen) atoms. The van der Waals surface area contributed by atoms with E-state index in [0.29, 0.717) is 13.0 Å². The van der Waals surface area contributed by atoms with Crippen LogP contribution in [0.15, 0.2) is 18.2 Å². The van der Waals surface area contributed by atoms with E-state index in [-0.39, 0.29) is 17.5 Å². The molecule has 0 atom stereocenters. The zero-order chi connectivity index (χ0) is 13.8. The summed E-state index contributed by atoms with van der Waals surface area (Å²) < 4.78 is 18.3. The molecule has 0 heterocycles. The number of hydrogen-bond donors (Lipinski definition) is 1. The van der Waals surface area contributed by atoms with Crippen LogP contribution in [0.5, 0.6) is 5.75 Å². The number of ether oxygens (including phenoxy) is 1. The summed E-state index contributed by atoms with van der Waals surface area (Å²) >= 11 is 0. The van der Waals surface area contributed by atoms with Gasteiger partial charge in [-0.05, 0) is 24.1 Å². The predicted octanol–water partition coefficient (Wildman–Crippen LogP) is 2.54. The summed E-state index contributed by atoms with van der Waals surface area (Å²) in [4.78, 5) is 11.6. The van der Waals surface area contributed by atoms with Crippen molar-refractivity contribution in [1.29, 1.82) is 0 Å². The fourth-order valence-electron chi connectivity index (χ4n) is 1.45. The molecule has 0 fully saturated rings. The number of hydrogen-bond acceptors (Lipinski definition) is 2. The molecule has 1 amide bonds. The van der Waals surface area contributed by atoms with E-state index < -0.39 is 5.41 Å². The molecule has 0 saturated heterocycles. The van der Waals surface area contributed by atoms with Crippen molar-refractivity contribution in [3.05, 3.63) is 29.6 Å². The largest absolute Gasteiger partial charge is 0.494 e. The Morgan fingerprint density at radius 3 is 2.56 bits per heavy atom. The zero-order valence-electron chi connectivity index (χ0n) is 11.3. The first-order chi connectivity index (χ1) is 8.34. The molecule has 0 saturated carbocycles. The van der Waals surface area contributed by atoms with Gasteiger partial charge in [-0.15, -0.1) is 0 Å². The van der Waals surface area contributed by atoms with Crippen molar-refractivity contribution in [2.24, 2.45) is 5.41 Å². The van der Waals surface area contributed by atoms with E-state index in [4.69, 9.17) is 4.74 Å². The number of carbonyl (C=O) groups excluding carboxylic acids is 1. The number of carbonyl (C=O) groups is 1. The normalized spacial score (nSPS) is 11.2. The van der Waals surface area contributed by atoms with E-state index in [0.717, 1.165) is 5.56 Å². The number of methoxy groups -OCH3 is 1. The van der Waals surface area contributed by atoms with Crippen molar-refractivity contribution in [1.82, 2.24) is 5.32 Å². The molecule has 0 aliphatic rings. The lowest BCUT2D eigenvalue weighted by Crippen LogP contribution is -2.35. The summed E-state index contributed by atoms with van der Waals surface area (Å²) in [6.45, 7) is 6.07. The topological polar surface area (TPSA) is 38.3 Å². The lowest BCUT2D eigenvalue weighted by Gasteiger charge is -2.17. The van der Waals surface area contributed by atoms with Crippen LogP contribution >= 0.6 is 0 Å². The van der Waals surface area contributed by atoms with Crippen molar-refractivity contribution < 1.29 is 13.9 Å². The molecule has 4 heteroatoms. The predicted molar refractivity (Wildman–Crippen MR) is 69.1 cm³/mol. The number of nitrogens with one attached hydrogen (secondary N) is 1. The number of rotatable bonds is 4. The van der Waals surface area contributed by atoms with Gasteiger partial charge in [0, 0.05) is 12.0 Å². The first kappa shape index (κ1) is 14.5. The first-order valence-electron chi connectivity index (χ1n) is 5.95. The molecule has 0 unspecified atom stereocenters. The van der Waals surface area contributed by atoms with Crippen LogP contribution in [0.3, 0.4) is 0 Å². The summed E-state index contributed by atoms with van der Waals surface area (Å²) in [5, 5.41) is 2.83. The van der Waals surface area contributed by atoms with E-state index in [1.807, 2.05) is 20.8 Å². The molecule has 0 radical (unpaired) electrons. The standard InChI is InChI=1S/C14H20FNO2/c1-14(2,3)13(17)16-8-7-10-5-6-12(18-4)11(15)9-10/h5-6,9H,7-8H2,1-4H3,(H,16,17). The van der Waals surface area contributed by atoms with Gasteiger partial charge >= 0.3 is 0 Å². The Hall–Kier alpha value is -1.58. The Morgan fingerprint density at radius 1 is 1.39 bits per heavy atom. The summed E-state index contributed by atoms with van der Waals surface area (Å²) in [6.07, 6.45) is 0.600. The van der Waals surface area contributed by atoms with Gasteiger partial charge in [-0.25, -0.2) is 4.39 Å². The van der Waals surface area contributed by atoms with Gasteiger partial charge in [0.1, 0.15) is 0 Å². The lowest BCUT2D eigenvalue weighted by atomic mass is 9.95. The second-order valence-corrected chi connectivity index (χ2v) is 5.22. The van der Waals surface area contributed by atoms with Crippen LogP contribution in [0.1, 0.15) is 26.3 Å². The van der Waals surface area contributed by atoms with E-state index >= 15 is 0 Å². The van der Waals surface area contributed by atoms with E-state index in [2.05, 4.69) is 5.32 Å². The Morgan fingerprint density at radius 2 is 2.06 bits per heavy atom. The molecule has 0 aromatic heterocycles. The van der Waals surface area contributed by atoms with Crippen LogP contribution in [0.4, 0.5) is 4.39 Å². The average molecular weight is 253 g/mol. The molecule has 3 nitrogen and oxygen atoms in total. The van der Waals surface area contributed by atoms with Gasteiger partial charge in [0.2, 0.25) is 5.91 Å². The SMILES string of the molecule is COc1ccc(CCNC(=O)C(C)(C)C)cc1F. The molecule has 1 rings (SSSR count). The Kier molecular flexibility index (Phi) is 4.70. The Bertz CT molecular complexity index is 424. The molecule has 1 aromatic rings. The van der Waals surface area contributed by atoms with Crippen LogP contribution < -0.4 is 10.1 Å². The number of benzene rings is 1. The molecule has 100 valence electrons. The minimum atomic E-state index is -0.398. The van der Waals surface area contributed by atoms with Gasteiger partial charge in [0.05, 0.1) is 7.11 Å². The van der Waals surface area contributed by atoms with Crippen molar-refractivity contribution in [3.8, 4) is 5.75 Å². The third kappa shape index (κ3) is 4.02. The van der Waals surface area contributed by atoms with Gasteiger partial charge in [0.25, 0.3) is 0 Å². The molecular formula is C14H20FNO2. The fraction of sp³-hybridized carbons (Fsp3) is 0.500. The summed E-state index contributed by atoms with van der Waals surface area (Å²) in [5.41, 5.74) is 0.438. The highest BCUT2D eigenvalue weighted by Crippen LogP contribution is 2.18. The van der Waals surface area contributed by atoms with Gasteiger partial charge in [-0.1, -0.05) is 26.8 Å². The van der Waals surface area contributed by atoms with Crippen LogP contribution in [-0.2, 0) is 11.2 Å². The second-order valence-electron chi connectivity index (χ2n) is 5.22. The second kappa shape index (κ2) is 5.85. The summed E-state index contributed by atoms with van der Waals surface area (Å²) in [5.74, 6) is -0.147. The minimum Gasteiger partial charge on any atom is -0.494 e. The maximum absolute atomic E-state index is 13.4. The van der Waals surface area contributed by atoms with Crippen LogP contribution in [-0.4, -0.2) is 19.6 Å². The molecule has 1 N–H and O–H groups in total. The van der Waals surface area contributed by atoms with Crippen LogP contribution in [0.2, 0.25) is 0 Å². The highest BCUT2D eigenvalue weighted by atomic mass is 19.1. The van der Waals surface area contributed by atoms with Crippen molar-refractivity contribution in [2.75, 3.05) is 13.7 Å². The molecule has 0 bridgehead atoms. The van der Waals surface area contributed by atoms with Crippen LogP contribution in [0, 0.1) is 11.2 Å². The summed E-state index contributed by atoms with van der Waals surface area (Å²) in [6, 6.07) is 4.82. The van der Waals surface area contributed by atoms with Crippen molar-refractivity contribution in [3.63, 3.8) is 0 Å². The van der Waals surface area contributed by atoms with E-state index in [9.17, 15) is 9.18 Å². The van der Waals surface area contributed by atoms with Crippen molar-refractivity contribution in [2.45, 2.75) is 27.2 Å². The van der Waals surface area contributed by atoms with Crippen LogP contribution in [0.25, 0.3) is 0 Å². The van der Waals surface area contributed by atoms with Gasteiger partial charge in [0.15, 0.2) is 11.6 Å². The van der Waals surface area contributed by atoms with E-state index in [1.54, 1.807) is 12.1 Å². The highest BCUT2D eigenvalue weighted by molar-refractivity contribution is 5.81. The smallest absolute Gasteiger partial charge is 0.225 e. The third-order valence-electron chi connectivity index (χ3n) is 2.60. The lowest BCUT2D eigenvalue weighted by molar-refractivity contribution is -0.128. The monoisotopic (exact) mass is 253 g/mol. The maximum Gasteiger partial charge on any atom is 0.225 e.